The van der Waals surface area contributed by atoms with Crippen LogP contribution in [-0.2, 0) is 0 Å². The lowest BCUT2D eigenvalue weighted by molar-refractivity contribution is -0.402. The Kier molecular flexibility index (Phi) is 4.96. The number of rotatable bonds is 5. The maximum absolute atomic E-state index is 13.1. The zero-order valence-corrected chi connectivity index (χ0v) is 16.0. The van der Waals surface area contributed by atoms with Crippen molar-refractivity contribution in [2.24, 2.45) is 0 Å². The highest BCUT2D eigenvalue weighted by molar-refractivity contribution is 8.02. The number of benzene rings is 1. The van der Waals surface area contributed by atoms with Crippen molar-refractivity contribution in [3.63, 3.8) is 0 Å². The Balaban J connectivity index is 1.77. The molecule has 0 aliphatic carbocycles. The van der Waals surface area contributed by atoms with Crippen molar-refractivity contribution in [2.75, 3.05) is 0 Å². The van der Waals surface area contributed by atoms with E-state index < -0.39 is 4.92 Å². The van der Waals surface area contributed by atoms with Crippen molar-refractivity contribution in [1.82, 2.24) is 14.5 Å². The van der Waals surface area contributed by atoms with Gasteiger partial charge < -0.3 is 4.42 Å². The maximum atomic E-state index is 13.1. The van der Waals surface area contributed by atoms with Crippen LogP contribution in [0.3, 0.4) is 0 Å². The number of thioether (sulfide) groups is 1. The van der Waals surface area contributed by atoms with E-state index in [1.165, 1.54) is 28.5 Å². The molecule has 0 atom stereocenters. The van der Waals surface area contributed by atoms with Gasteiger partial charge in [0.15, 0.2) is 5.16 Å². The average molecular weight is 406 g/mol. The van der Waals surface area contributed by atoms with Crippen molar-refractivity contribution in [3.05, 3.63) is 91.9 Å². The Morgan fingerprint density at radius 2 is 2.03 bits per heavy atom. The molecule has 29 heavy (non-hydrogen) atoms. The summed E-state index contributed by atoms with van der Waals surface area (Å²) in [7, 11) is 0. The standard InChI is InChI=1S/C20H14N4O4S/c1-13-8-10-21-17(12-13)23-19(25)15-4-2-3-5-16(15)22-20(23)29-11-9-14-6-7-18(28-14)24(26)27/h2-12H,1H3/b11-9+. The number of nitrogens with zero attached hydrogens (tertiary/aromatic N) is 4. The molecule has 0 aliphatic rings. The van der Waals surface area contributed by atoms with Crippen molar-refractivity contribution < 1.29 is 9.34 Å². The Bertz CT molecular complexity index is 1310. The van der Waals surface area contributed by atoms with Crippen molar-refractivity contribution >= 4 is 34.6 Å². The minimum absolute atomic E-state index is 0.224. The number of fused-ring (bicyclic) bond motifs is 1. The predicted octanol–water partition coefficient (Wildman–Crippen LogP) is 4.35. The van der Waals surface area contributed by atoms with E-state index in [9.17, 15) is 14.9 Å². The van der Waals surface area contributed by atoms with Gasteiger partial charge in [-0.05, 0) is 54.3 Å². The molecular formula is C20H14N4O4S. The number of aryl methyl sites for hydroxylation is 1. The minimum Gasteiger partial charge on any atom is -0.401 e. The number of hydrogen-bond donors (Lipinski definition) is 0. The number of nitro groups is 1. The summed E-state index contributed by atoms with van der Waals surface area (Å²) in [4.78, 5) is 32.2. The van der Waals surface area contributed by atoms with Gasteiger partial charge in [0.05, 0.1) is 17.0 Å². The van der Waals surface area contributed by atoms with Gasteiger partial charge in [-0.1, -0.05) is 23.9 Å². The second-order valence-corrected chi connectivity index (χ2v) is 6.97. The zero-order valence-electron chi connectivity index (χ0n) is 15.2. The van der Waals surface area contributed by atoms with Gasteiger partial charge >= 0.3 is 5.88 Å². The maximum Gasteiger partial charge on any atom is 0.433 e. The van der Waals surface area contributed by atoms with Crippen molar-refractivity contribution in [1.29, 1.82) is 0 Å². The van der Waals surface area contributed by atoms with Crippen LogP contribution in [0.1, 0.15) is 11.3 Å². The van der Waals surface area contributed by atoms with Gasteiger partial charge in [0.2, 0.25) is 0 Å². The van der Waals surface area contributed by atoms with Crippen LogP contribution in [0.5, 0.6) is 0 Å². The van der Waals surface area contributed by atoms with Crippen molar-refractivity contribution in [3.8, 4) is 5.82 Å². The van der Waals surface area contributed by atoms with Gasteiger partial charge in [0, 0.05) is 6.20 Å². The number of hydrogen-bond acceptors (Lipinski definition) is 7. The van der Waals surface area contributed by atoms with Gasteiger partial charge in [-0.2, -0.15) is 0 Å². The highest BCUT2D eigenvalue weighted by Crippen LogP contribution is 2.24. The van der Waals surface area contributed by atoms with E-state index in [0.717, 1.165) is 5.56 Å². The number of para-hydroxylation sites is 1. The second kappa shape index (κ2) is 7.72. The van der Waals surface area contributed by atoms with E-state index in [2.05, 4.69) is 9.97 Å². The zero-order chi connectivity index (χ0) is 20.4. The second-order valence-electron chi connectivity index (χ2n) is 6.10. The summed E-state index contributed by atoms with van der Waals surface area (Å²) >= 11 is 1.19. The lowest BCUT2D eigenvalue weighted by Crippen LogP contribution is -2.22. The first-order valence-electron chi connectivity index (χ1n) is 8.55. The molecule has 0 spiro atoms. The number of pyridine rings is 1. The third-order valence-corrected chi connectivity index (χ3v) is 4.83. The van der Waals surface area contributed by atoms with Gasteiger partial charge in [-0.15, -0.1) is 0 Å². The van der Waals surface area contributed by atoms with E-state index in [-0.39, 0.29) is 11.4 Å². The quantitative estimate of drug-likeness (QED) is 0.210. The molecule has 0 N–H and O–H groups in total. The minimum atomic E-state index is -0.601. The van der Waals surface area contributed by atoms with Crippen LogP contribution in [-0.4, -0.2) is 19.5 Å². The van der Waals surface area contributed by atoms with Crippen LogP contribution in [0.25, 0.3) is 22.8 Å². The molecule has 9 heteroatoms. The molecule has 0 fully saturated rings. The fraction of sp³-hybridized carbons (Fsp3) is 0.0500. The lowest BCUT2D eigenvalue weighted by atomic mass is 10.2. The van der Waals surface area contributed by atoms with Crippen LogP contribution in [0.4, 0.5) is 5.88 Å². The molecule has 0 amide bonds. The summed E-state index contributed by atoms with van der Waals surface area (Å²) in [6, 6.07) is 13.5. The molecule has 0 aliphatic heterocycles. The molecule has 0 bridgehead atoms. The van der Waals surface area contributed by atoms with E-state index in [1.807, 2.05) is 25.1 Å². The first-order chi connectivity index (χ1) is 14.0. The Hall–Kier alpha value is -3.72. The molecule has 0 radical (unpaired) electrons. The van der Waals surface area contributed by atoms with E-state index in [4.69, 9.17) is 4.42 Å². The molecule has 144 valence electrons. The van der Waals surface area contributed by atoms with Gasteiger partial charge in [0.1, 0.15) is 16.5 Å². The molecular weight excluding hydrogens is 392 g/mol. The van der Waals surface area contributed by atoms with E-state index in [0.29, 0.717) is 27.6 Å². The Morgan fingerprint density at radius 3 is 2.79 bits per heavy atom. The first kappa shape index (κ1) is 18.6. The molecule has 4 rings (SSSR count). The Morgan fingerprint density at radius 1 is 1.21 bits per heavy atom. The van der Waals surface area contributed by atoms with Crippen LogP contribution in [0.2, 0.25) is 0 Å². The summed E-state index contributed by atoms with van der Waals surface area (Å²) in [5.41, 5.74) is 1.31. The van der Waals surface area contributed by atoms with Crippen LogP contribution >= 0.6 is 11.8 Å². The van der Waals surface area contributed by atoms with Crippen LogP contribution in [0.15, 0.2) is 74.5 Å². The van der Waals surface area contributed by atoms with Gasteiger partial charge in [-0.3, -0.25) is 14.9 Å². The molecule has 0 saturated carbocycles. The molecule has 1 aromatic carbocycles. The summed E-state index contributed by atoms with van der Waals surface area (Å²) in [6.45, 7) is 1.92. The van der Waals surface area contributed by atoms with Crippen molar-refractivity contribution in [2.45, 2.75) is 12.1 Å². The van der Waals surface area contributed by atoms with Crippen LogP contribution in [0, 0.1) is 17.0 Å². The van der Waals surface area contributed by atoms with Gasteiger partial charge in [0.25, 0.3) is 5.56 Å². The topological polar surface area (TPSA) is 104 Å². The van der Waals surface area contributed by atoms with Crippen LogP contribution < -0.4 is 5.56 Å². The molecule has 8 nitrogen and oxygen atoms in total. The van der Waals surface area contributed by atoms with E-state index in [1.54, 1.807) is 35.9 Å². The van der Waals surface area contributed by atoms with E-state index >= 15 is 0 Å². The highest BCUT2D eigenvalue weighted by atomic mass is 32.2. The Labute approximate surface area is 168 Å². The number of aromatic nitrogens is 3. The summed E-state index contributed by atoms with van der Waals surface area (Å²) < 4.78 is 6.56. The smallest absolute Gasteiger partial charge is 0.401 e. The average Bonchev–Trinajstić information content (AvgIpc) is 3.17. The first-order valence-corrected chi connectivity index (χ1v) is 9.43. The molecule has 3 heterocycles. The summed E-state index contributed by atoms with van der Waals surface area (Å²) in [5, 5.41) is 13.3. The predicted molar refractivity (Wildman–Crippen MR) is 110 cm³/mol. The molecule has 3 aromatic heterocycles. The highest BCUT2D eigenvalue weighted by Gasteiger charge is 2.14. The third-order valence-electron chi connectivity index (χ3n) is 4.07. The molecule has 0 unspecified atom stereocenters. The lowest BCUT2D eigenvalue weighted by Gasteiger charge is -2.11. The molecule has 4 aromatic rings. The normalized spacial score (nSPS) is 11.3. The fourth-order valence-electron chi connectivity index (χ4n) is 2.73. The third kappa shape index (κ3) is 3.81. The SMILES string of the molecule is Cc1ccnc(-n2c(S/C=C/c3ccc([N+](=O)[O-])o3)nc3ccccc3c2=O)c1. The summed E-state index contributed by atoms with van der Waals surface area (Å²) in [6.07, 6.45) is 3.21. The fourth-order valence-corrected chi connectivity index (χ4v) is 3.48. The largest absolute Gasteiger partial charge is 0.433 e. The van der Waals surface area contributed by atoms with Gasteiger partial charge in [-0.25, -0.2) is 14.5 Å². The summed E-state index contributed by atoms with van der Waals surface area (Å²) in [5.74, 6) is 0.463. The monoisotopic (exact) mass is 406 g/mol. The molecule has 0 saturated heterocycles. The number of furan rings is 1.